The molecule has 0 aliphatic carbocycles. The molecule has 0 N–H and O–H groups in total. The van der Waals surface area contributed by atoms with Gasteiger partial charge >= 0.3 is 5.97 Å². The lowest BCUT2D eigenvalue weighted by atomic mass is 10.0. The second-order valence-electron chi connectivity index (χ2n) is 4.64. The minimum absolute atomic E-state index is 0.0636. The number of carbonyl (C=O) groups is 2. The first-order valence-corrected chi connectivity index (χ1v) is 6.74. The molecule has 0 aromatic heterocycles. The first-order valence-electron chi connectivity index (χ1n) is 6.74. The molecule has 1 aliphatic heterocycles. The van der Waals surface area contributed by atoms with E-state index in [1.807, 2.05) is 11.8 Å². The second kappa shape index (κ2) is 7.36. The maximum absolute atomic E-state index is 11.9. The molecular formula is C13H24N2O3. The van der Waals surface area contributed by atoms with Gasteiger partial charge in [-0.25, -0.2) is 0 Å². The van der Waals surface area contributed by atoms with Gasteiger partial charge in [-0.3, -0.25) is 14.5 Å². The third-order valence-electron chi connectivity index (χ3n) is 3.41. The van der Waals surface area contributed by atoms with Crippen molar-refractivity contribution in [3.8, 4) is 0 Å². The fourth-order valence-corrected chi connectivity index (χ4v) is 2.16. The lowest BCUT2D eigenvalue weighted by Crippen LogP contribution is -2.49. The third kappa shape index (κ3) is 3.98. The Kier molecular flexibility index (Phi) is 6.12. The zero-order valence-corrected chi connectivity index (χ0v) is 11.6. The highest BCUT2D eigenvalue weighted by Crippen LogP contribution is 2.18. The van der Waals surface area contributed by atoms with Crippen LogP contribution in [-0.2, 0) is 14.3 Å². The van der Waals surface area contributed by atoms with E-state index in [9.17, 15) is 9.59 Å². The lowest BCUT2D eigenvalue weighted by Gasteiger charge is -2.34. The monoisotopic (exact) mass is 256 g/mol. The molecule has 0 aromatic rings. The van der Waals surface area contributed by atoms with Gasteiger partial charge in [0.1, 0.15) is 6.04 Å². The number of hydrogen-bond donors (Lipinski definition) is 0. The molecule has 0 aromatic carbocycles. The third-order valence-corrected chi connectivity index (χ3v) is 3.41. The Balaban J connectivity index is 2.59. The number of ether oxygens (including phenoxy) is 1. The molecule has 1 aliphatic rings. The first-order chi connectivity index (χ1) is 8.60. The van der Waals surface area contributed by atoms with Gasteiger partial charge in [0.15, 0.2) is 0 Å². The highest BCUT2D eigenvalue weighted by atomic mass is 16.5. The van der Waals surface area contributed by atoms with Crippen LogP contribution < -0.4 is 0 Å². The van der Waals surface area contributed by atoms with Gasteiger partial charge in [0, 0.05) is 13.6 Å². The van der Waals surface area contributed by atoms with Crippen LogP contribution >= 0.6 is 0 Å². The van der Waals surface area contributed by atoms with E-state index in [1.54, 1.807) is 18.9 Å². The molecule has 0 saturated carbocycles. The first kappa shape index (κ1) is 15.0. The van der Waals surface area contributed by atoms with Crippen LogP contribution in [0, 0.1) is 0 Å². The van der Waals surface area contributed by atoms with Crippen molar-refractivity contribution in [2.24, 2.45) is 0 Å². The largest absolute Gasteiger partial charge is 0.465 e. The van der Waals surface area contributed by atoms with E-state index >= 15 is 0 Å². The van der Waals surface area contributed by atoms with Crippen LogP contribution in [0.2, 0.25) is 0 Å². The number of nitrogens with zero attached hydrogens (tertiary/aromatic N) is 2. The molecule has 5 heteroatoms. The summed E-state index contributed by atoms with van der Waals surface area (Å²) in [7, 11) is 1.78. The molecule has 1 atom stereocenters. The number of likely N-dealkylation sites (N-methyl/N-ethyl adjacent to an activating group) is 1. The fraction of sp³-hybridized carbons (Fsp3) is 0.846. The molecule has 5 nitrogen and oxygen atoms in total. The molecule has 1 unspecified atom stereocenters. The summed E-state index contributed by atoms with van der Waals surface area (Å²) in [6.07, 6.45) is 2.86. The molecule has 0 spiro atoms. The van der Waals surface area contributed by atoms with Crippen LogP contribution in [-0.4, -0.2) is 61.0 Å². The average molecular weight is 256 g/mol. The number of carbonyl (C=O) groups excluding carboxylic acids is 2. The zero-order chi connectivity index (χ0) is 13.5. The summed E-state index contributed by atoms with van der Waals surface area (Å²) >= 11 is 0. The Bertz CT molecular complexity index is 294. The van der Waals surface area contributed by atoms with Crippen molar-refractivity contribution in [1.29, 1.82) is 0 Å². The zero-order valence-electron chi connectivity index (χ0n) is 11.6. The highest BCUT2D eigenvalue weighted by molar-refractivity contribution is 5.80. The molecule has 18 heavy (non-hydrogen) atoms. The van der Waals surface area contributed by atoms with Crippen LogP contribution in [0.5, 0.6) is 0 Å². The van der Waals surface area contributed by atoms with Crippen molar-refractivity contribution >= 4 is 11.9 Å². The van der Waals surface area contributed by atoms with Gasteiger partial charge in [-0.05, 0) is 33.2 Å². The molecule has 104 valence electrons. The predicted molar refractivity (Wildman–Crippen MR) is 69.2 cm³/mol. The van der Waals surface area contributed by atoms with E-state index in [2.05, 4.69) is 0 Å². The van der Waals surface area contributed by atoms with Crippen LogP contribution in [0.25, 0.3) is 0 Å². The SMILES string of the molecule is CCOC(=O)C1CCCCN1CC(=O)N(C)CC. The summed E-state index contributed by atoms with van der Waals surface area (Å²) in [5.41, 5.74) is 0. The van der Waals surface area contributed by atoms with Crippen LogP contribution in [0.4, 0.5) is 0 Å². The maximum atomic E-state index is 11.9. The van der Waals surface area contributed by atoms with Gasteiger partial charge in [0.05, 0.1) is 13.2 Å². The molecule has 1 rings (SSSR count). The Morgan fingerprint density at radius 3 is 2.67 bits per heavy atom. The number of rotatable bonds is 5. The lowest BCUT2D eigenvalue weighted by molar-refractivity contribution is -0.151. The number of likely N-dealkylation sites (tertiary alicyclic amines) is 1. The molecule has 0 bridgehead atoms. The van der Waals surface area contributed by atoms with Gasteiger partial charge in [-0.15, -0.1) is 0 Å². The number of amides is 1. The van der Waals surface area contributed by atoms with Crippen LogP contribution in [0.1, 0.15) is 33.1 Å². The van der Waals surface area contributed by atoms with Crippen LogP contribution in [0.15, 0.2) is 0 Å². The predicted octanol–water partition coefficient (Wildman–Crippen LogP) is 0.882. The van der Waals surface area contributed by atoms with Crippen molar-refractivity contribution in [3.63, 3.8) is 0 Å². The Morgan fingerprint density at radius 1 is 1.33 bits per heavy atom. The minimum Gasteiger partial charge on any atom is -0.465 e. The van der Waals surface area contributed by atoms with E-state index in [1.165, 1.54) is 0 Å². The van der Waals surface area contributed by atoms with Gasteiger partial charge in [-0.1, -0.05) is 6.42 Å². The summed E-state index contributed by atoms with van der Waals surface area (Å²) in [6.45, 7) is 5.95. The number of esters is 1. The summed E-state index contributed by atoms with van der Waals surface area (Å²) in [6, 6.07) is -0.243. The van der Waals surface area contributed by atoms with Crippen molar-refractivity contribution < 1.29 is 14.3 Å². The minimum atomic E-state index is -0.243. The normalized spacial score (nSPS) is 20.5. The molecule has 1 saturated heterocycles. The molecular weight excluding hydrogens is 232 g/mol. The maximum Gasteiger partial charge on any atom is 0.323 e. The average Bonchev–Trinajstić information content (AvgIpc) is 2.38. The highest BCUT2D eigenvalue weighted by Gasteiger charge is 2.31. The molecule has 1 heterocycles. The Labute approximate surface area is 109 Å². The van der Waals surface area contributed by atoms with Crippen molar-refractivity contribution in [2.45, 2.75) is 39.2 Å². The molecule has 1 fully saturated rings. The number of piperidine rings is 1. The Hall–Kier alpha value is -1.10. The Morgan fingerprint density at radius 2 is 2.06 bits per heavy atom. The summed E-state index contributed by atoms with van der Waals surface area (Å²) in [5.74, 6) is -0.127. The smallest absolute Gasteiger partial charge is 0.323 e. The van der Waals surface area contributed by atoms with Crippen molar-refractivity contribution in [2.75, 3.05) is 33.3 Å². The summed E-state index contributed by atoms with van der Waals surface area (Å²) in [5, 5.41) is 0. The van der Waals surface area contributed by atoms with E-state index < -0.39 is 0 Å². The second-order valence-corrected chi connectivity index (χ2v) is 4.64. The van der Waals surface area contributed by atoms with Gasteiger partial charge in [-0.2, -0.15) is 0 Å². The standard InChI is InChI=1S/C13H24N2O3/c1-4-14(3)12(16)10-15-9-7-6-8-11(15)13(17)18-5-2/h11H,4-10H2,1-3H3. The topological polar surface area (TPSA) is 49.9 Å². The summed E-state index contributed by atoms with van der Waals surface area (Å²) < 4.78 is 5.07. The number of hydrogen-bond acceptors (Lipinski definition) is 4. The molecule has 1 amide bonds. The van der Waals surface area contributed by atoms with Crippen molar-refractivity contribution in [3.05, 3.63) is 0 Å². The van der Waals surface area contributed by atoms with E-state index in [0.717, 1.165) is 25.8 Å². The summed E-state index contributed by atoms with van der Waals surface area (Å²) in [4.78, 5) is 27.4. The van der Waals surface area contributed by atoms with E-state index in [-0.39, 0.29) is 17.9 Å². The van der Waals surface area contributed by atoms with Crippen LogP contribution in [0.3, 0.4) is 0 Å². The van der Waals surface area contributed by atoms with Gasteiger partial charge in [0.25, 0.3) is 0 Å². The van der Waals surface area contributed by atoms with Crippen molar-refractivity contribution in [1.82, 2.24) is 9.80 Å². The quantitative estimate of drug-likeness (QED) is 0.685. The van der Waals surface area contributed by atoms with Gasteiger partial charge < -0.3 is 9.64 Å². The fourth-order valence-electron chi connectivity index (χ4n) is 2.16. The molecule has 0 radical (unpaired) electrons. The van der Waals surface area contributed by atoms with E-state index in [0.29, 0.717) is 19.7 Å². The van der Waals surface area contributed by atoms with E-state index in [4.69, 9.17) is 4.74 Å². The van der Waals surface area contributed by atoms with Gasteiger partial charge in [0.2, 0.25) is 5.91 Å².